The first-order chi connectivity index (χ1) is 15.6. The van der Waals surface area contributed by atoms with Crippen LogP contribution < -0.4 is 14.8 Å². The first kappa shape index (κ1) is 22.1. The van der Waals surface area contributed by atoms with E-state index in [0.717, 1.165) is 18.4 Å². The van der Waals surface area contributed by atoms with Gasteiger partial charge in [-0.15, -0.1) is 0 Å². The van der Waals surface area contributed by atoms with E-state index in [9.17, 15) is 9.59 Å². The highest BCUT2D eigenvalue weighted by atomic mass is 16.5. The fourth-order valence-corrected chi connectivity index (χ4v) is 4.77. The molecule has 0 unspecified atom stereocenters. The number of hydrogen-bond acceptors (Lipinski definition) is 5. The smallest absolute Gasteiger partial charge is 0.254 e. The zero-order chi connectivity index (χ0) is 22.7. The largest absolute Gasteiger partial charge is 0.493 e. The Labute approximate surface area is 188 Å². The number of amides is 2. The van der Waals surface area contributed by atoms with Gasteiger partial charge in [0, 0.05) is 31.9 Å². The van der Waals surface area contributed by atoms with E-state index in [1.807, 2.05) is 30.0 Å². The lowest BCUT2D eigenvalue weighted by atomic mass is 9.75. The molecule has 7 nitrogen and oxygen atoms in total. The summed E-state index contributed by atoms with van der Waals surface area (Å²) in [6.07, 6.45) is 1.50. The minimum absolute atomic E-state index is 0.0825. The third kappa shape index (κ3) is 3.93. The van der Waals surface area contributed by atoms with Crippen molar-refractivity contribution in [3.8, 4) is 11.5 Å². The van der Waals surface area contributed by atoms with Crippen molar-refractivity contribution in [3.63, 3.8) is 0 Å². The highest BCUT2D eigenvalue weighted by Gasteiger charge is 2.46. The summed E-state index contributed by atoms with van der Waals surface area (Å²) in [5.74, 6) is 0.253. The van der Waals surface area contributed by atoms with Crippen molar-refractivity contribution < 1.29 is 23.8 Å². The van der Waals surface area contributed by atoms with Gasteiger partial charge in [-0.05, 0) is 48.6 Å². The summed E-state index contributed by atoms with van der Waals surface area (Å²) in [5, 5.41) is 3.07. The van der Waals surface area contributed by atoms with Gasteiger partial charge in [0.05, 0.1) is 26.2 Å². The van der Waals surface area contributed by atoms with Crippen molar-refractivity contribution in [2.45, 2.75) is 31.7 Å². The van der Waals surface area contributed by atoms with E-state index in [2.05, 4.69) is 11.4 Å². The Morgan fingerprint density at radius 3 is 2.62 bits per heavy atom. The van der Waals surface area contributed by atoms with Crippen LogP contribution in [0.4, 0.5) is 0 Å². The first-order valence-electron chi connectivity index (χ1n) is 11.1. The van der Waals surface area contributed by atoms with Crippen molar-refractivity contribution in [1.29, 1.82) is 0 Å². The predicted octanol–water partition coefficient (Wildman–Crippen LogP) is 3.08. The topological polar surface area (TPSA) is 77.1 Å². The molecule has 2 amide bonds. The standard InChI is InChI=1S/C25H30N2O5/c1-4-32-13-7-11-26-24(28)22-18-14-20(30-2)21(31-3)15-19(18)25(29)27-12-10-16-8-5-6-9-17(16)23(22)27/h5-6,8-9,14-15,22-23H,4,7,10-13H2,1-3H3,(H,26,28)/t22-,23+/m1/s1. The number of nitrogens with zero attached hydrogens (tertiary/aromatic N) is 1. The fraction of sp³-hybridized carbons (Fsp3) is 0.440. The van der Waals surface area contributed by atoms with Crippen LogP contribution in [0.2, 0.25) is 0 Å². The first-order valence-corrected chi connectivity index (χ1v) is 11.1. The maximum Gasteiger partial charge on any atom is 0.254 e. The minimum Gasteiger partial charge on any atom is -0.493 e. The molecule has 0 saturated carbocycles. The summed E-state index contributed by atoms with van der Waals surface area (Å²) in [6, 6.07) is 11.2. The number of methoxy groups -OCH3 is 2. The lowest BCUT2D eigenvalue weighted by Gasteiger charge is -2.45. The molecule has 0 bridgehead atoms. The molecule has 1 N–H and O–H groups in total. The van der Waals surface area contributed by atoms with Gasteiger partial charge in [0.2, 0.25) is 5.91 Å². The molecule has 0 aromatic heterocycles. The molecule has 2 aliphatic heterocycles. The Morgan fingerprint density at radius 2 is 1.88 bits per heavy atom. The molecular formula is C25H30N2O5. The number of benzene rings is 2. The molecule has 7 heteroatoms. The quantitative estimate of drug-likeness (QED) is 0.641. The van der Waals surface area contributed by atoms with Crippen LogP contribution in [-0.2, 0) is 16.0 Å². The van der Waals surface area contributed by atoms with E-state index in [1.54, 1.807) is 26.4 Å². The van der Waals surface area contributed by atoms with Gasteiger partial charge >= 0.3 is 0 Å². The van der Waals surface area contributed by atoms with Crippen LogP contribution in [0.5, 0.6) is 11.5 Å². The number of hydrogen-bond donors (Lipinski definition) is 1. The van der Waals surface area contributed by atoms with Crippen LogP contribution >= 0.6 is 0 Å². The summed E-state index contributed by atoms with van der Waals surface area (Å²) >= 11 is 0. The average molecular weight is 439 g/mol. The molecule has 0 aliphatic carbocycles. The summed E-state index contributed by atoms with van der Waals surface area (Å²) in [5.41, 5.74) is 3.38. The fourth-order valence-electron chi connectivity index (χ4n) is 4.77. The summed E-state index contributed by atoms with van der Waals surface area (Å²) in [7, 11) is 3.10. The number of ether oxygens (including phenoxy) is 3. The molecule has 0 fully saturated rings. The highest BCUT2D eigenvalue weighted by Crippen LogP contribution is 2.48. The number of nitrogens with one attached hydrogen (secondary N) is 1. The Morgan fingerprint density at radius 1 is 1.12 bits per heavy atom. The van der Waals surface area contributed by atoms with E-state index >= 15 is 0 Å². The lowest BCUT2D eigenvalue weighted by Crippen LogP contribution is -2.50. The van der Waals surface area contributed by atoms with Crippen molar-refractivity contribution in [3.05, 3.63) is 58.7 Å². The van der Waals surface area contributed by atoms with Crippen LogP contribution in [-0.4, -0.2) is 57.2 Å². The summed E-state index contributed by atoms with van der Waals surface area (Å²) in [4.78, 5) is 28.9. The molecule has 0 radical (unpaired) electrons. The minimum atomic E-state index is -0.545. The second-order valence-electron chi connectivity index (χ2n) is 8.01. The molecule has 32 heavy (non-hydrogen) atoms. The van der Waals surface area contributed by atoms with Crippen LogP contribution in [0.25, 0.3) is 0 Å². The highest BCUT2D eigenvalue weighted by molar-refractivity contribution is 6.02. The van der Waals surface area contributed by atoms with Crippen molar-refractivity contribution in [1.82, 2.24) is 10.2 Å². The SMILES string of the molecule is CCOCCCNC(=O)[C@@H]1c2cc(OC)c(OC)cc2C(=O)N2CCc3ccccc3[C@@H]12. The maximum absolute atomic E-state index is 13.6. The summed E-state index contributed by atoms with van der Waals surface area (Å²) < 4.78 is 16.3. The Kier molecular flexibility index (Phi) is 6.65. The molecule has 2 aromatic carbocycles. The van der Waals surface area contributed by atoms with Crippen LogP contribution in [0.15, 0.2) is 36.4 Å². The monoisotopic (exact) mass is 438 g/mol. The third-order valence-electron chi connectivity index (χ3n) is 6.28. The molecule has 0 saturated heterocycles. The Balaban J connectivity index is 1.77. The molecule has 4 rings (SSSR count). The van der Waals surface area contributed by atoms with Crippen molar-refractivity contribution in [2.75, 3.05) is 40.5 Å². The van der Waals surface area contributed by atoms with Crippen LogP contribution in [0, 0.1) is 0 Å². The van der Waals surface area contributed by atoms with Crippen molar-refractivity contribution >= 4 is 11.8 Å². The van der Waals surface area contributed by atoms with Crippen LogP contribution in [0.1, 0.15) is 52.4 Å². The van der Waals surface area contributed by atoms with Gasteiger partial charge < -0.3 is 24.4 Å². The second kappa shape index (κ2) is 9.61. The Bertz CT molecular complexity index is 1010. The van der Waals surface area contributed by atoms with Crippen molar-refractivity contribution in [2.24, 2.45) is 0 Å². The number of carbonyl (C=O) groups excluding carboxylic acids is 2. The van der Waals surface area contributed by atoms with E-state index in [-0.39, 0.29) is 17.9 Å². The molecule has 2 heterocycles. The predicted molar refractivity (Wildman–Crippen MR) is 120 cm³/mol. The third-order valence-corrected chi connectivity index (χ3v) is 6.28. The van der Waals surface area contributed by atoms with Gasteiger partial charge in [-0.2, -0.15) is 0 Å². The van der Waals surface area contributed by atoms with Gasteiger partial charge in [-0.1, -0.05) is 24.3 Å². The second-order valence-corrected chi connectivity index (χ2v) is 8.01. The molecule has 2 aliphatic rings. The van der Waals surface area contributed by atoms with Gasteiger partial charge in [0.15, 0.2) is 11.5 Å². The molecule has 170 valence electrons. The molecule has 2 atom stereocenters. The van der Waals surface area contributed by atoms with E-state index in [1.165, 1.54) is 5.56 Å². The summed E-state index contributed by atoms with van der Waals surface area (Å²) in [6.45, 7) is 4.29. The molecule has 2 aromatic rings. The van der Waals surface area contributed by atoms with E-state index < -0.39 is 5.92 Å². The zero-order valence-corrected chi connectivity index (χ0v) is 18.8. The Hall–Kier alpha value is -3.06. The van der Waals surface area contributed by atoms with Crippen LogP contribution in [0.3, 0.4) is 0 Å². The molecule has 0 spiro atoms. The zero-order valence-electron chi connectivity index (χ0n) is 18.8. The average Bonchev–Trinajstić information content (AvgIpc) is 2.83. The van der Waals surface area contributed by atoms with E-state index in [4.69, 9.17) is 14.2 Å². The van der Waals surface area contributed by atoms with Gasteiger partial charge in [0.25, 0.3) is 5.91 Å². The van der Waals surface area contributed by atoms with Gasteiger partial charge in [-0.25, -0.2) is 0 Å². The number of fused-ring (bicyclic) bond motifs is 4. The normalized spacial score (nSPS) is 19.0. The van der Waals surface area contributed by atoms with E-state index in [0.29, 0.717) is 48.9 Å². The molecular weight excluding hydrogens is 408 g/mol. The number of rotatable bonds is 8. The lowest BCUT2D eigenvalue weighted by molar-refractivity contribution is -0.124. The maximum atomic E-state index is 13.6. The van der Waals surface area contributed by atoms with Gasteiger partial charge in [-0.3, -0.25) is 9.59 Å². The number of carbonyl (C=O) groups is 2. The van der Waals surface area contributed by atoms with Gasteiger partial charge in [0.1, 0.15) is 0 Å².